The van der Waals surface area contributed by atoms with Gasteiger partial charge in [-0.25, -0.2) is 9.78 Å². The van der Waals surface area contributed by atoms with Gasteiger partial charge < -0.3 is 15.7 Å². The Morgan fingerprint density at radius 2 is 2.04 bits per heavy atom. The van der Waals surface area contributed by atoms with Crippen molar-refractivity contribution in [3.8, 4) is 11.3 Å². The highest BCUT2D eigenvalue weighted by atomic mass is 79.9. The first-order valence-electron chi connectivity index (χ1n) is 6.93. The van der Waals surface area contributed by atoms with E-state index in [0.717, 1.165) is 20.7 Å². The summed E-state index contributed by atoms with van der Waals surface area (Å²) < 4.78 is 1.00. The average Bonchev–Trinajstić information content (AvgIpc) is 2.97. The molecule has 2 rings (SSSR count). The van der Waals surface area contributed by atoms with E-state index in [1.807, 2.05) is 36.6 Å². The Balaban J connectivity index is 1.93. The maximum Gasteiger partial charge on any atom is 0.315 e. The number of nitrogens with one attached hydrogen (secondary N) is 2. The molecule has 0 spiro atoms. The first kappa shape index (κ1) is 17.4. The Morgan fingerprint density at radius 1 is 1.35 bits per heavy atom. The average molecular weight is 398 g/mol. The van der Waals surface area contributed by atoms with E-state index in [4.69, 9.17) is 5.11 Å². The summed E-state index contributed by atoms with van der Waals surface area (Å²) in [5, 5.41) is 16.5. The molecule has 8 heteroatoms. The van der Waals surface area contributed by atoms with Gasteiger partial charge in [0.25, 0.3) is 0 Å². The number of halogens is 1. The minimum atomic E-state index is -0.947. The van der Waals surface area contributed by atoms with Crippen LogP contribution in [0.5, 0.6) is 0 Å². The molecule has 0 fully saturated rings. The van der Waals surface area contributed by atoms with Gasteiger partial charge in [-0.2, -0.15) is 0 Å². The number of urea groups is 1. The van der Waals surface area contributed by atoms with Crippen molar-refractivity contribution in [2.24, 2.45) is 0 Å². The number of nitrogens with zero attached hydrogens (tertiary/aromatic N) is 1. The first-order chi connectivity index (χ1) is 11.0. The zero-order chi connectivity index (χ0) is 16.8. The molecule has 0 aliphatic rings. The lowest BCUT2D eigenvalue weighted by atomic mass is 10.2. The summed E-state index contributed by atoms with van der Waals surface area (Å²) in [6.07, 6.45) is -0.104. The van der Waals surface area contributed by atoms with Gasteiger partial charge in [-0.3, -0.25) is 4.79 Å². The van der Waals surface area contributed by atoms with Gasteiger partial charge in [0.1, 0.15) is 5.01 Å². The van der Waals surface area contributed by atoms with E-state index in [1.165, 1.54) is 11.3 Å². The van der Waals surface area contributed by atoms with Crippen molar-refractivity contribution >= 4 is 39.3 Å². The lowest BCUT2D eigenvalue weighted by Gasteiger charge is -2.11. The minimum absolute atomic E-state index is 0.0932. The van der Waals surface area contributed by atoms with E-state index in [-0.39, 0.29) is 19.0 Å². The molecule has 1 aromatic carbocycles. The fraction of sp³-hybridized carbons (Fsp3) is 0.267. The summed E-state index contributed by atoms with van der Waals surface area (Å²) >= 11 is 4.86. The zero-order valence-electron chi connectivity index (χ0n) is 12.4. The molecule has 1 heterocycles. The second-order valence-corrected chi connectivity index (χ2v) is 6.65. The lowest BCUT2D eigenvalue weighted by Crippen LogP contribution is -2.38. The molecule has 1 atom stereocenters. The molecule has 2 amide bonds. The molecule has 122 valence electrons. The molecule has 1 aromatic heterocycles. The monoisotopic (exact) mass is 397 g/mol. The summed E-state index contributed by atoms with van der Waals surface area (Å²) in [7, 11) is 0. The number of carboxylic acid groups (broad SMARTS) is 1. The maximum absolute atomic E-state index is 11.7. The van der Waals surface area contributed by atoms with E-state index in [0.29, 0.717) is 0 Å². The summed E-state index contributed by atoms with van der Waals surface area (Å²) in [4.78, 5) is 26.6. The van der Waals surface area contributed by atoms with Crippen LogP contribution in [-0.2, 0) is 4.79 Å². The van der Waals surface area contributed by atoms with E-state index in [2.05, 4.69) is 31.5 Å². The van der Waals surface area contributed by atoms with Gasteiger partial charge in [0, 0.05) is 22.0 Å². The van der Waals surface area contributed by atoms with Crippen molar-refractivity contribution in [3.05, 3.63) is 39.1 Å². The van der Waals surface area contributed by atoms with Crippen LogP contribution in [0.25, 0.3) is 11.3 Å². The lowest BCUT2D eigenvalue weighted by molar-refractivity contribution is -0.136. The number of hydrogen-bond donors (Lipinski definition) is 3. The van der Waals surface area contributed by atoms with Gasteiger partial charge in [0.05, 0.1) is 18.2 Å². The third-order valence-electron chi connectivity index (χ3n) is 3.00. The molecule has 0 radical (unpaired) electrons. The van der Waals surface area contributed by atoms with Crippen LogP contribution < -0.4 is 10.6 Å². The van der Waals surface area contributed by atoms with E-state index in [9.17, 15) is 9.59 Å². The maximum atomic E-state index is 11.7. The number of carbonyl (C=O) groups excluding carboxylic acids is 1. The van der Waals surface area contributed by atoms with Gasteiger partial charge in [0.2, 0.25) is 0 Å². The molecule has 0 bridgehead atoms. The molecule has 23 heavy (non-hydrogen) atoms. The Bertz CT molecular complexity index is 688. The number of amides is 2. The highest BCUT2D eigenvalue weighted by Crippen LogP contribution is 2.26. The Morgan fingerprint density at radius 3 is 2.70 bits per heavy atom. The van der Waals surface area contributed by atoms with Crippen LogP contribution in [0.3, 0.4) is 0 Å². The number of carbonyl (C=O) groups is 2. The number of carboxylic acids is 1. The molecular formula is C15H16BrN3O3S. The van der Waals surface area contributed by atoms with Crippen molar-refractivity contribution in [3.63, 3.8) is 0 Å². The fourth-order valence-corrected chi connectivity index (χ4v) is 2.93. The van der Waals surface area contributed by atoms with Crippen LogP contribution in [-0.4, -0.2) is 28.6 Å². The molecule has 0 saturated heterocycles. The second-order valence-electron chi connectivity index (χ2n) is 4.84. The molecule has 0 saturated carbocycles. The summed E-state index contributed by atoms with van der Waals surface area (Å²) in [5.74, 6) is -0.947. The SMILES string of the molecule is CC(NC(=O)NCCC(=O)O)c1nc(-c2ccc(Br)cc2)cs1. The number of rotatable bonds is 6. The molecule has 0 aliphatic heterocycles. The molecule has 1 unspecified atom stereocenters. The van der Waals surface area contributed by atoms with Crippen LogP contribution in [0.1, 0.15) is 24.4 Å². The predicted octanol–water partition coefficient (Wildman–Crippen LogP) is 3.41. The van der Waals surface area contributed by atoms with Crippen molar-refractivity contribution in [1.82, 2.24) is 15.6 Å². The number of aliphatic carboxylic acids is 1. The van der Waals surface area contributed by atoms with Crippen molar-refractivity contribution in [2.45, 2.75) is 19.4 Å². The molecule has 0 aliphatic carbocycles. The van der Waals surface area contributed by atoms with Gasteiger partial charge in [-0.1, -0.05) is 28.1 Å². The van der Waals surface area contributed by atoms with Crippen LogP contribution in [0.15, 0.2) is 34.1 Å². The molecule has 6 nitrogen and oxygen atoms in total. The second kappa shape index (κ2) is 8.07. The number of aromatic nitrogens is 1. The van der Waals surface area contributed by atoms with Crippen molar-refractivity contribution in [2.75, 3.05) is 6.54 Å². The first-order valence-corrected chi connectivity index (χ1v) is 8.60. The highest BCUT2D eigenvalue weighted by Gasteiger charge is 2.14. The standard InChI is InChI=1S/C15H16BrN3O3S/c1-9(18-15(22)17-7-6-13(20)21)14-19-12(8-23-14)10-2-4-11(16)5-3-10/h2-5,8-9H,6-7H2,1H3,(H,20,21)(H2,17,18,22). The summed E-state index contributed by atoms with van der Waals surface area (Å²) in [5.41, 5.74) is 1.87. The quantitative estimate of drug-likeness (QED) is 0.696. The summed E-state index contributed by atoms with van der Waals surface area (Å²) in [6.45, 7) is 1.93. The van der Waals surface area contributed by atoms with Gasteiger partial charge in [0.15, 0.2) is 0 Å². The zero-order valence-corrected chi connectivity index (χ0v) is 14.8. The number of thiazole rings is 1. The third-order valence-corrected chi connectivity index (χ3v) is 4.56. The van der Waals surface area contributed by atoms with Gasteiger partial charge in [-0.05, 0) is 19.1 Å². The largest absolute Gasteiger partial charge is 0.481 e. The van der Waals surface area contributed by atoms with Crippen LogP contribution in [0.2, 0.25) is 0 Å². The molecule has 3 N–H and O–H groups in total. The predicted molar refractivity (Wildman–Crippen MR) is 92.5 cm³/mol. The summed E-state index contributed by atoms with van der Waals surface area (Å²) in [6, 6.07) is 7.19. The normalized spacial score (nSPS) is 11.7. The van der Waals surface area contributed by atoms with Gasteiger partial charge in [-0.15, -0.1) is 11.3 Å². The number of hydrogen-bond acceptors (Lipinski definition) is 4. The number of benzene rings is 1. The van der Waals surface area contributed by atoms with Crippen LogP contribution >= 0.6 is 27.3 Å². The highest BCUT2D eigenvalue weighted by molar-refractivity contribution is 9.10. The topological polar surface area (TPSA) is 91.3 Å². The van der Waals surface area contributed by atoms with E-state index >= 15 is 0 Å². The van der Waals surface area contributed by atoms with E-state index < -0.39 is 12.0 Å². The van der Waals surface area contributed by atoms with Crippen LogP contribution in [0, 0.1) is 0 Å². The van der Waals surface area contributed by atoms with Crippen molar-refractivity contribution in [1.29, 1.82) is 0 Å². The van der Waals surface area contributed by atoms with Gasteiger partial charge >= 0.3 is 12.0 Å². The fourth-order valence-electron chi connectivity index (χ4n) is 1.83. The molecular weight excluding hydrogens is 382 g/mol. The minimum Gasteiger partial charge on any atom is -0.481 e. The van der Waals surface area contributed by atoms with Crippen LogP contribution in [0.4, 0.5) is 4.79 Å². The Kier molecular flexibility index (Phi) is 6.12. The smallest absolute Gasteiger partial charge is 0.315 e. The Hall–Kier alpha value is -1.93. The third kappa shape index (κ3) is 5.33. The van der Waals surface area contributed by atoms with Crippen molar-refractivity contribution < 1.29 is 14.7 Å². The van der Waals surface area contributed by atoms with E-state index in [1.54, 1.807) is 0 Å². The Labute approximate surface area is 146 Å². The molecule has 2 aromatic rings.